The molecule has 1 saturated carbocycles. The normalized spacial score (nSPS) is 16.0. The van der Waals surface area contributed by atoms with E-state index in [0.717, 1.165) is 75.6 Å². The average molecular weight is 528 g/mol. The van der Waals surface area contributed by atoms with Crippen LogP contribution in [0.15, 0.2) is 83.3 Å². The molecule has 202 valence electrons. The second kappa shape index (κ2) is 9.96. The summed E-state index contributed by atoms with van der Waals surface area (Å²) in [6, 6.07) is 28.0. The van der Waals surface area contributed by atoms with Gasteiger partial charge in [0.25, 0.3) is 0 Å². The lowest BCUT2D eigenvalue weighted by molar-refractivity contribution is 0.443. The van der Waals surface area contributed by atoms with E-state index in [1.54, 1.807) is 0 Å². The Morgan fingerprint density at radius 2 is 1.52 bits per heavy atom. The monoisotopic (exact) mass is 527 g/mol. The average Bonchev–Trinajstić information content (AvgIpc) is 3.55. The van der Waals surface area contributed by atoms with E-state index in [-0.39, 0.29) is 0 Å². The van der Waals surface area contributed by atoms with Gasteiger partial charge >= 0.3 is 0 Å². The minimum absolute atomic E-state index is 0.357. The Morgan fingerprint density at radius 3 is 2.27 bits per heavy atom. The highest BCUT2D eigenvalue weighted by atomic mass is 16.3. The number of fused-ring (bicyclic) bond motifs is 4. The van der Waals surface area contributed by atoms with Crippen molar-refractivity contribution in [2.24, 2.45) is 0 Å². The second-order valence-corrected chi connectivity index (χ2v) is 12.0. The van der Waals surface area contributed by atoms with Crippen LogP contribution < -0.4 is 0 Å². The summed E-state index contributed by atoms with van der Waals surface area (Å²) < 4.78 is 18.3. The van der Waals surface area contributed by atoms with Crippen molar-refractivity contribution >= 4 is 33.0 Å². The molecular formula is C37H38N2O. The number of hydrogen-bond acceptors (Lipinski definition) is 2. The number of nitrogens with zero attached hydrogens (tertiary/aromatic N) is 2. The maximum atomic E-state index is 9.19. The fourth-order valence-electron chi connectivity index (χ4n) is 6.66. The van der Waals surface area contributed by atoms with E-state index in [2.05, 4.69) is 111 Å². The molecule has 2 aromatic heterocycles. The maximum Gasteiger partial charge on any atom is 0.149 e. The molecule has 3 heteroatoms. The summed E-state index contributed by atoms with van der Waals surface area (Å²) in [4.78, 5) is 5.26. The Bertz CT molecular complexity index is 1880. The van der Waals surface area contributed by atoms with Crippen LogP contribution in [0.1, 0.15) is 95.6 Å². The molecule has 40 heavy (non-hydrogen) atoms. The molecule has 4 aromatic carbocycles. The van der Waals surface area contributed by atoms with Gasteiger partial charge in [-0.1, -0.05) is 102 Å². The van der Waals surface area contributed by atoms with Crippen LogP contribution in [0.2, 0.25) is 0 Å². The summed E-state index contributed by atoms with van der Waals surface area (Å²) in [7, 11) is 0. The van der Waals surface area contributed by atoms with Crippen LogP contribution in [0.3, 0.4) is 0 Å². The van der Waals surface area contributed by atoms with Gasteiger partial charge in [0.05, 0.1) is 22.3 Å². The number of rotatable bonds is 5. The number of aromatic nitrogens is 2. The van der Waals surface area contributed by atoms with Gasteiger partial charge in [0.2, 0.25) is 0 Å². The summed E-state index contributed by atoms with van der Waals surface area (Å²) in [5.41, 5.74) is 9.70. The third kappa shape index (κ3) is 4.06. The SMILES string of the molecule is [2H]C1(c2ccc3c(c2)oc2c(-c4nc5ccccc5n4-c4c(C(C)C)cccc4C(C)C)cccc23)CCCCC1. The predicted octanol–water partition coefficient (Wildman–Crippen LogP) is 10.9. The summed E-state index contributed by atoms with van der Waals surface area (Å²) in [6.45, 7) is 9.07. The van der Waals surface area contributed by atoms with E-state index in [4.69, 9.17) is 9.40 Å². The van der Waals surface area contributed by atoms with Gasteiger partial charge in [-0.2, -0.15) is 0 Å². The third-order valence-electron chi connectivity index (χ3n) is 8.73. The Morgan fingerprint density at radius 1 is 0.800 bits per heavy atom. The minimum atomic E-state index is -0.518. The number of hydrogen-bond donors (Lipinski definition) is 0. The van der Waals surface area contributed by atoms with Crippen molar-refractivity contribution in [3.05, 3.63) is 95.6 Å². The first kappa shape index (κ1) is 24.0. The minimum Gasteiger partial charge on any atom is -0.455 e. The molecule has 0 amide bonds. The fraction of sp³-hybridized carbons (Fsp3) is 0.324. The van der Waals surface area contributed by atoms with Gasteiger partial charge in [0.15, 0.2) is 0 Å². The van der Waals surface area contributed by atoms with Crippen molar-refractivity contribution in [3.63, 3.8) is 0 Å². The highest BCUT2D eigenvalue weighted by molar-refractivity contribution is 6.09. The number of benzene rings is 4. The standard InChI is InChI=1S/C37H38N2O/c1-23(2)27-14-10-15-28(24(3)4)35(27)39-33-19-9-8-18-32(33)38-37(39)31-17-11-16-30-29-21-20-26(22-34(29)40-36(30)31)25-12-6-5-7-13-25/h8-11,14-25H,5-7,12-13H2,1-4H3/i25D. The lowest BCUT2D eigenvalue weighted by atomic mass is 9.84. The van der Waals surface area contributed by atoms with E-state index in [0.29, 0.717) is 11.8 Å². The van der Waals surface area contributed by atoms with Crippen LogP contribution in [0.25, 0.3) is 50.0 Å². The van der Waals surface area contributed by atoms with Gasteiger partial charge in [0, 0.05) is 12.1 Å². The van der Waals surface area contributed by atoms with Crippen molar-refractivity contribution in [1.29, 1.82) is 0 Å². The van der Waals surface area contributed by atoms with Crippen molar-refractivity contribution in [1.82, 2.24) is 9.55 Å². The van der Waals surface area contributed by atoms with Crippen LogP contribution in [0.4, 0.5) is 0 Å². The summed E-state index contributed by atoms with van der Waals surface area (Å²) >= 11 is 0. The molecule has 1 aliphatic carbocycles. The van der Waals surface area contributed by atoms with Gasteiger partial charge in [0.1, 0.15) is 17.0 Å². The molecule has 0 unspecified atom stereocenters. The summed E-state index contributed by atoms with van der Waals surface area (Å²) in [5.74, 6) is 1.09. The van der Waals surface area contributed by atoms with E-state index in [9.17, 15) is 1.37 Å². The van der Waals surface area contributed by atoms with Gasteiger partial charge in [-0.05, 0) is 71.5 Å². The van der Waals surface area contributed by atoms with Crippen LogP contribution >= 0.6 is 0 Å². The Hall–Kier alpha value is -3.85. The largest absolute Gasteiger partial charge is 0.455 e. The highest BCUT2D eigenvalue weighted by Crippen LogP contribution is 2.42. The second-order valence-electron chi connectivity index (χ2n) is 12.0. The van der Waals surface area contributed by atoms with Gasteiger partial charge < -0.3 is 4.42 Å². The van der Waals surface area contributed by atoms with Gasteiger partial charge in [-0.3, -0.25) is 4.57 Å². The summed E-state index contributed by atoms with van der Waals surface area (Å²) in [6.07, 6.45) is 5.32. The van der Waals surface area contributed by atoms with Gasteiger partial charge in [-0.15, -0.1) is 0 Å². The first-order chi connectivity index (χ1) is 19.9. The highest BCUT2D eigenvalue weighted by Gasteiger charge is 2.24. The number of para-hydroxylation sites is 4. The van der Waals surface area contributed by atoms with Crippen molar-refractivity contribution in [2.45, 2.75) is 77.5 Å². The first-order valence-corrected chi connectivity index (χ1v) is 14.9. The number of furan rings is 1. The Balaban J connectivity index is 1.51. The molecule has 0 spiro atoms. The fourth-order valence-corrected chi connectivity index (χ4v) is 6.66. The molecule has 0 aliphatic heterocycles. The molecule has 0 atom stereocenters. The zero-order chi connectivity index (χ0) is 28.3. The van der Waals surface area contributed by atoms with E-state index in [1.807, 2.05) is 0 Å². The molecule has 0 N–H and O–H groups in total. The Labute approximate surface area is 238 Å². The quantitative estimate of drug-likeness (QED) is 0.223. The topological polar surface area (TPSA) is 31.0 Å². The van der Waals surface area contributed by atoms with Crippen LogP contribution in [0, 0.1) is 0 Å². The molecule has 3 nitrogen and oxygen atoms in total. The lowest BCUT2D eigenvalue weighted by Crippen LogP contribution is -2.08. The zero-order valence-corrected chi connectivity index (χ0v) is 24.0. The molecule has 0 bridgehead atoms. The van der Waals surface area contributed by atoms with E-state index < -0.39 is 5.89 Å². The van der Waals surface area contributed by atoms with Crippen molar-refractivity contribution < 1.29 is 5.79 Å². The smallest absolute Gasteiger partial charge is 0.149 e. The molecule has 6 aromatic rings. The summed E-state index contributed by atoms with van der Waals surface area (Å²) in [5, 5.41) is 2.18. The number of imidazole rings is 1. The van der Waals surface area contributed by atoms with Gasteiger partial charge in [-0.25, -0.2) is 4.98 Å². The third-order valence-corrected chi connectivity index (χ3v) is 8.73. The zero-order valence-electron chi connectivity index (χ0n) is 25.0. The molecule has 2 heterocycles. The molecule has 1 aliphatic rings. The van der Waals surface area contributed by atoms with Crippen molar-refractivity contribution in [3.8, 4) is 17.1 Å². The van der Waals surface area contributed by atoms with Crippen LogP contribution in [-0.4, -0.2) is 9.55 Å². The molecular weight excluding hydrogens is 488 g/mol. The van der Waals surface area contributed by atoms with E-state index >= 15 is 0 Å². The first-order valence-electron chi connectivity index (χ1n) is 15.4. The van der Waals surface area contributed by atoms with Crippen LogP contribution in [-0.2, 0) is 0 Å². The van der Waals surface area contributed by atoms with Crippen LogP contribution in [0.5, 0.6) is 0 Å². The van der Waals surface area contributed by atoms with Crippen molar-refractivity contribution in [2.75, 3.05) is 0 Å². The molecule has 7 rings (SSSR count). The molecule has 1 fully saturated rings. The molecule has 0 radical (unpaired) electrons. The molecule has 0 saturated heterocycles. The lowest BCUT2D eigenvalue weighted by Gasteiger charge is -2.22. The predicted molar refractivity (Wildman–Crippen MR) is 168 cm³/mol. The Kier molecular flexibility index (Phi) is 5.97. The maximum absolute atomic E-state index is 9.19. The van der Waals surface area contributed by atoms with E-state index in [1.165, 1.54) is 23.2 Å².